The van der Waals surface area contributed by atoms with Gasteiger partial charge >= 0.3 is 0 Å². The molecule has 0 spiro atoms. The second-order valence-electron chi connectivity index (χ2n) is 6.67. The number of hydrogen-bond donors (Lipinski definition) is 2. The van der Waals surface area contributed by atoms with E-state index in [1.54, 1.807) is 0 Å². The second kappa shape index (κ2) is 5.14. The van der Waals surface area contributed by atoms with Crippen molar-refractivity contribution in [2.24, 2.45) is 5.73 Å². The zero-order chi connectivity index (χ0) is 14.2. The Morgan fingerprint density at radius 1 is 1.25 bits per heavy atom. The Bertz CT molecular complexity index is 490. The van der Waals surface area contributed by atoms with E-state index < -0.39 is 5.60 Å². The first-order valence-electron chi connectivity index (χ1n) is 7.81. The third-order valence-corrected chi connectivity index (χ3v) is 5.48. The highest BCUT2D eigenvalue weighted by Gasteiger charge is 2.53. The Hall–Kier alpha value is -0.900. The quantitative estimate of drug-likeness (QED) is 0.862. The molecule has 3 heteroatoms. The molecule has 0 aromatic heterocycles. The number of aryl methyl sites for hydroxylation is 1. The van der Waals surface area contributed by atoms with Gasteiger partial charge in [0.05, 0.1) is 5.60 Å². The lowest BCUT2D eigenvalue weighted by Crippen LogP contribution is -2.63. The lowest BCUT2D eigenvalue weighted by Gasteiger charge is -2.53. The van der Waals surface area contributed by atoms with Crippen molar-refractivity contribution in [3.8, 4) is 0 Å². The normalized spacial score (nSPS) is 34.8. The van der Waals surface area contributed by atoms with E-state index in [9.17, 15) is 5.11 Å². The molecule has 3 N–H and O–H groups in total. The van der Waals surface area contributed by atoms with Crippen LogP contribution in [0, 0.1) is 0 Å². The third kappa shape index (κ3) is 2.00. The molecule has 3 nitrogen and oxygen atoms in total. The molecule has 1 aliphatic heterocycles. The summed E-state index contributed by atoms with van der Waals surface area (Å²) in [6.45, 7) is 2.34. The fourth-order valence-corrected chi connectivity index (χ4v) is 4.44. The standard InChI is InChI=1S/C17H26N2O/c1-19-11-5-10-17(20,13-19)16(12-18)9-4-7-14-6-2-3-8-15(14)16/h2-3,6,8,20H,4-5,7,9-13,18H2,1H3. The fourth-order valence-electron chi connectivity index (χ4n) is 4.44. The van der Waals surface area contributed by atoms with Crippen LogP contribution in [0.15, 0.2) is 24.3 Å². The van der Waals surface area contributed by atoms with E-state index in [0.717, 1.165) is 45.2 Å². The van der Waals surface area contributed by atoms with Crippen LogP contribution in [0.5, 0.6) is 0 Å². The third-order valence-electron chi connectivity index (χ3n) is 5.48. The molecule has 1 fully saturated rings. The van der Waals surface area contributed by atoms with Crippen molar-refractivity contribution in [2.75, 3.05) is 26.7 Å². The molecule has 3 rings (SSSR count). The number of fused-ring (bicyclic) bond motifs is 1. The van der Waals surface area contributed by atoms with Crippen LogP contribution in [-0.2, 0) is 11.8 Å². The summed E-state index contributed by atoms with van der Waals surface area (Å²) in [7, 11) is 2.10. The first-order chi connectivity index (χ1) is 9.61. The molecule has 1 aromatic rings. The number of aliphatic hydroxyl groups is 1. The van der Waals surface area contributed by atoms with E-state index in [-0.39, 0.29) is 5.41 Å². The first-order valence-corrected chi connectivity index (χ1v) is 7.81. The average molecular weight is 274 g/mol. The zero-order valence-corrected chi connectivity index (χ0v) is 12.4. The summed E-state index contributed by atoms with van der Waals surface area (Å²) in [5, 5.41) is 11.4. The predicted octanol–water partition coefficient (Wildman–Crippen LogP) is 1.68. The maximum absolute atomic E-state index is 11.4. The van der Waals surface area contributed by atoms with Crippen LogP contribution in [-0.4, -0.2) is 42.3 Å². The number of nitrogens with zero attached hydrogens (tertiary/aromatic N) is 1. The molecule has 1 saturated heterocycles. The number of likely N-dealkylation sites (N-methyl/N-ethyl adjacent to an activating group) is 1. The van der Waals surface area contributed by atoms with Crippen molar-refractivity contribution in [3.63, 3.8) is 0 Å². The molecule has 2 atom stereocenters. The molecule has 2 unspecified atom stereocenters. The van der Waals surface area contributed by atoms with E-state index in [4.69, 9.17) is 5.73 Å². The van der Waals surface area contributed by atoms with Gasteiger partial charge in [0.25, 0.3) is 0 Å². The van der Waals surface area contributed by atoms with Gasteiger partial charge < -0.3 is 15.7 Å². The maximum Gasteiger partial charge on any atom is 0.0882 e. The maximum atomic E-state index is 11.4. The van der Waals surface area contributed by atoms with Crippen LogP contribution in [0.1, 0.15) is 36.8 Å². The molecule has 0 bridgehead atoms. The van der Waals surface area contributed by atoms with Gasteiger partial charge in [0.2, 0.25) is 0 Å². The number of likely N-dealkylation sites (tertiary alicyclic amines) is 1. The molecule has 0 amide bonds. The molecular weight excluding hydrogens is 248 g/mol. The van der Waals surface area contributed by atoms with Gasteiger partial charge in [0.1, 0.15) is 0 Å². The van der Waals surface area contributed by atoms with E-state index in [1.807, 2.05) is 0 Å². The van der Waals surface area contributed by atoms with E-state index in [1.165, 1.54) is 11.1 Å². The van der Waals surface area contributed by atoms with Crippen LogP contribution in [0.25, 0.3) is 0 Å². The minimum Gasteiger partial charge on any atom is -0.388 e. The van der Waals surface area contributed by atoms with Gasteiger partial charge in [-0.25, -0.2) is 0 Å². The summed E-state index contributed by atoms with van der Waals surface area (Å²) in [6, 6.07) is 8.58. The minimum absolute atomic E-state index is 0.267. The van der Waals surface area contributed by atoms with Crippen LogP contribution in [0.3, 0.4) is 0 Å². The van der Waals surface area contributed by atoms with Gasteiger partial charge in [-0.3, -0.25) is 0 Å². The molecule has 20 heavy (non-hydrogen) atoms. The van der Waals surface area contributed by atoms with E-state index in [2.05, 4.69) is 36.2 Å². The lowest BCUT2D eigenvalue weighted by atomic mass is 9.58. The Morgan fingerprint density at radius 3 is 2.80 bits per heavy atom. The van der Waals surface area contributed by atoms with Crippen molar-refractivity contribution >= 4 is 0 Å². The van der Waals surface area contributed by atoms with Gasteiger partial charge in [0, 0.05) is 18.5 Å². The predicted molar refractivity (Wildman–Crippen MR) is 81.8 cm³/mol. The summed E-state index contributed by atoms with van der Waals surface area (Å²) in [5.41, 5.74) is 7.96. The highest BCUT2D eigenvalue weighted by atomic mass is 16.3. The number of β-amino-alcohol motifs (C(OH)–C–C–N with tert-alkyl or cyclic N) is 1. The number of benzene rings is 1. The smallest absolute Gasteiger partial charge is 0.0882 e. The number of piperidine rings is 1. The van der Waals surface area contributed by atoms with Gasteiger partial charge in [-0.05, 0) is 56.8 Å². The van der Waals surface area contributed by atoms with Crippen LogP contribution < -0.4 is 5.73 Å². The van der Waals surface area contributed by atoms with Crippen molar-refractivity contribution in [1.82, 2.24) is 4.90 Å². The Kier molecular flexibility index (Phi) is 3.61. The Balaban J connectivity index is 2.08. The van der Waals surface area contributed by atoms with Crippen LogP contribution in [0.2, 0.25) is 0 Å². The van der Waals surface area contributed by atoms with Crippen molar-refractivity contribution in [2.45, 2.75) is 43.1 Å². The number of rotatable bonds is 2. The second-order valence-corrected chi connectivity index (χ2v) is 6.67. The molecule has 1 aromatic carbocycles. The van der Waals surface area contributed by atoms with Crippen molar-refractivity contribution in [1.29, 1.82) is 0 Å². The highest BCUT2D eigenvalue weighted by Crippen LogP contribution is 2.47. The largest absolute Gasteiger partial charge is 0.388 e. The lowest BCUT2D eigenvalue weighted by molar-refractivity contribution is -0.0895. The van der Waals surface area contributed by atoms with Crippen molar-refractivity contribution in [3.05, 3.63) is 35.4 Å². The summed E-state index contributed by atoms with van der Waals surface area (Å²) in [4.78, 5) is 2.25. The number of hydrogen-bond acceptors (Lipinski definition) is 3. The van der Waals surface area contributed by atoms with Gasteiger partial charge in [-0.15, -0.1) is 0 Å². The highest BCUT2D eigenvalue weighted by molar-refractivity contribution is 5.40. The van der Waals surface area contributed by atoms with Crippen LogP contribution >= 0.6 is 0 Å². The summed E-state index contributed by atoms with van der Waals surface area (Å²) in [5.74, 6) is 0. The molecule has 2 aliphatic rings. The minimum atomic E-state index is -0.689. The molecule has 1 heterocycles. The monoisotopic (exact) mass is 274 g/mol. The first kappa shape index (κ1) is 14.1. The molecule has 0 saturated carbocycles. The fraction of sp³-hybridized carbons (Fsp3) is 0.647. The van der Waals surface area contributed by atoms with Gasteiger partial charge in [-0.2, -0.15) is 0 Å². The average Bonchev–Trinajstić information content (AvgIpc) is 2.46. The number of nitrogens with two attached hydrogens (primary N) is 1. The topological polar surface area (TPSA) is 49.5 Å². The summed E-state index contributed by atoms with van der Waals surface area (Å²) < 4.78 is 0. The van der Waals surface area contributed by atoms with Gasteiger partial charge in [0.15, 0.2) is 0 Å². The van der Waals surface area contributed by atoms with E-state index in [0.29, 0.717) is 6.54 Å². The molecule has 0 radical (unpaired) electrons. The Labute approximate surface area is 121 Å². The summed E-state index contributed by atoms with van der Waals surface area (Å²) in [6.07, 6.45) is 5.16. The SMILES string of the molecule is CN1CCCC(O)(C2(CN)CCCc3ccccc32)C1. The van der Waals surface area contributed by atoms with Crippen molar-refractivity contribution < 1.29 is 5.11 Å². The van der Waals surface area contributed by atoms with Gasteiger partial charge in [-0.1, -0.05) is 24.3 Å². The summed E-state index contributed by atoms with van der Waals surface area (Å²) >= 11 is 0. The molecule has 110 valence electrons. The molecule has 1 aliphatic carbocycles. The zero-order valence-electron chi connectivity index (χ0n) is 12.4. The van der Waals surface area contributed by atoms with Crippen LogP contribution in [0.4, 0.5) is 0 Å². The molecular formula is C17H26N2O. The van der Waals surface area contributed by atoms with E-state index >= 15 is 0 Å². The Morgan fingerprint density at radius 2 is 2.05 bits per heavy atom.